The highest BCUT2D eigenvalue weighted by molar-refractivity contribution is 7.87. The molecule has 5 heteroatoms. The lowest BCUT2D eigenvalue weighted by Gasteiger charge is -2.09. The Hall–Kier alpha value is -1.17. The van der Waals surface area contributed by atoms with Gasteiger partial charge in [-0.05, 0) is 12.0 Å². The van der Waals surface area contributed by atoms with Crippen molar-refractivity contribution in [1.82, 2.24) is 9.03 Å². The van der Waals surface area contributed by atoms with Gasteiger partial charge < -0.3 is 0 Å². The van der Waals surface area contributed by atoms with Crippen LogP contribution in [0.4, 0.5) is 0 Å². The van der Waals surface area contributed by atoms with Gasteiger partial charge in [-0.25, -0.2) is 0 Å². The fraction of sp³-hybridized carbons (Fsp3) is 0.333. The lowest BCUT2D eigenvalue weighted by atomic mass is 10.1. The minimum Gasteiger partial charge on any atom is -0.197 e. The Labute approximate surface area is 102 Å². The molecule has 1 saturated heterocycles. The number of nitrogens with zero attached hydrogens (tertiary/aromatic N) is 1. The van der Waals surface area contributed by atoms with E-state index in [2.05, 4.69) is 11.3 Å². The van der Waals surface area contributed by atoms with E-state index in [0.717, 1.165) is 5.56 Å². The molecule has 0 spiro atoms. The van der Waals surface area contributed by atoms with Crippen molar-refractivity contribution in [3.63, 3.8) is 0 Å². The summed E-state index contributed by atoms with van der Waals surface area (Å²) < 4.78 is 27.5. The molecule has 1 N–H and O–H groups in total. The zero-order valence-corrected chi connectivity index (χ0v) is 10.4. The lowest BCUT2D eigenvalue weighted by molar-refractivity contribution is 0.459. The van der Waals surface area contributed by atoms with Gasteiger partial charge in [0.1, 0.15) is 0 Å². The standard InChI is InChI=1S/C12H16N2O2S/c1-2-8-14-10-12(13-17(14,15)16)9-11-6-4-3-5-7-11/h2-7,12-13H,1,8-10H2. The van der Waals surface area contributed by atoms with Gasteiger partial charge in [-0.15, -0.1) is 6.58 Å². The van der Waals surface area contributed by atoms with E-state index in [4.69, 9.17) is 0 Å². The Morgan fingerprint density at radius 3 is 2.76 bits per heavy atom. The van der Waals surface area contributed by atoms with Gasteiger partial charge >= 0.3 is 0 Å². The highest BCUT2D eigenvalue weighted by Gasteiger charge is 2.34. The Kier molecular flexibility index (Phi) is 3.61. The van der Waals surface area contributed by atoms with Crippen LogP contribution in [0.1, 0.15) is 5.56 Å². The van der Waals surface area contributed by atoms with Gasteiger partial charge in [0.25, 0.3) is 10.2 Å². The number of hydrogen-bond acceptors (Lipinski definition) is 2. The summed E-state index contributed by atoms with van der Waals surface area (Å²) in [4.78, 5) is 0. The van der Waals surface area contributed by atoms with E-state index >= 15 is 0 Å². The minimum absolute atomic E-state index is 0.0534. The van der Waals surface area contributed by atoms with Crippen LogP contribution in [0.3, 0.4) is 0 Å². The molecule has 1 fully saturated rings. The average Bonchev–Trinajstić information content (AvgIpc) is 2.55. The third kappa shape index (κ3) is 2.94. The number of hydrogen-bond donors (Lipinski definition) is 1. The normalized spacial score (nSPS) is 23.6. The predicted octanol–water partition coefficient (Wildman–Crippen LogP) is 0.934. The van der Waals surface area contributed by atoms with Gasteiger partial charge in [0.2, 0.25) is 0 Å². The number of nitrogens with one attached hydrogen (secondary N) is 1. The van der Waals surface area contributed by atoms with E-state index in [0.29, 0.717) is 19.5 Å². The summed E-state index contributed by atoms with van der Waals surface area (Å²) in [6.45, 7) is 4.43. The Morgan fingerprint density at radius 2 is 2.12 bits per heavy atom. The van der Waals surface area contributed by atoms with Crippen molar-refractivity contribution in [2.24, 2.45) is 0 Å². The highest BCUT2D eigenvalue weighted by atomic mass is 32.2. The van der Waals surface area contributed by atoms with Crippen LogP contribution in [0.25, 0.3) is 0 Å². The molecular formula is C12H16N2O2S. The molecule has 1 aromatic carbocycles. The topological polar surface area (TPSA) is 49.4 Å². The Bertz CT molecular complexity index is 484. The largest absolute Gasteiger partial charge is 0.280 e. The summed E-state index contributed by atoms with van der Waals surface area (Å²) in [5.41, 5.74) is 1.14. The summed E-state index contributed by atoms with van der Waals surface area (Å²) in [6, 6.07) is 9.82. The summed E-state index contributed by atoms with van der Waals surface area (Å²) in [5.74, 6) is 0. The molecule has 0 saturated carbocycles. The third-order valence-electron chi connectivity index (χ3n) is 2.74. The Balaban J connectivity index is 2.04. The second-order valence-electron chi connectivity index (χ2n) is 4.12. The van der Waals surface area contributed by atoms with Crippen LogP contribution in [-0.4, -0.2) is 31.9 Å². The van der Waals surface area contributed by atoms with Crippen LogP contribution in [0.5, 0.6) is 0 Å². The van der Waals surface area contributed by atoms with Crippen LogP contribution in [0.2, 0.25) is 0 Å². The maximum Gasteiger partial charge on any atom is 0.280 e. The van der Waals surface area contributed by atoms with Crippen molar-refractivity contribution >= 4 is 10.2 Å². The van der Waals surface area contributed by atoms with Gasteiger partial charge in [-0.2, -0.15) is 17.4 Å². The van der Waals surface area contributed by atoms with Crippen LogP contribution < -0.4 is 4.72 Å². The van der Waals surface area contributed by atoms with E-state index in [-0.39, 0.29) is 6.04 Å². The van der Waals surface area contributed by atoms with Crippen LogP contribution in [0.15, 0.2) is 43.0 Å². The first kappa shape index (κ1) is 12.3. The fourth-order valence-corrected chi connectivity index (χ4v) is 3.39. The molecule has 4 nitrogen and oxygen atoms in total. The summed E-state index contributed by atoms with van der Waals surface area (Å²) >= 11 is 0. The van der Waals surface area contributed by atoms with E-state index in [1.165, 1.54) is 4.31 Å². The minimum atomic E-state index is -3.31. The molecule has 1 aliphatic heterocycles. The van der Waals surface area contributed by atoms with E-state index in [1.54, 1.807) is 6.08 Å². The summed E-state index contributed by atoms with van der Waals surface area (Å²) in [6.07, 6.45) is 2.32. The molecule has 92 valence electrons. The smallest absolute Gasteiger partial charge is 0.197 e. The van der Waals surface area contributed by atoms with Crippen LogP contribution >= 0.6 is 0 Å². The zero-order chi connectivity index (χ0) is 12.3. The Morgan fingerprint density at radius 1 is 1.41 bits per heavy atom. The maximum atomic E-state index is 11.7. The fourth-order valence-electron chi connectivity index (χ4n) is 1.99. The molecule has 0 radical (unpaired) electrons. The van der Waals surface area contributed by atoms with E-state index < -0.39 is 10.2 Å². The average molecular weight is 252 g/mol. The van der Waals surface area contributed by atoms with Crippen molar-refractivity contribution in [2.45, 2.75) is 12.5 Å². The van der Waals surface area contributed by atoms with Gasteiger partial charge in [0.05, 0.1) is 0 Å². The van der Waals surface area contributed by atoms with E-state index in [9.17, 15) is 8.42 Å². The first-order chi connectivity index (χ1) is 8.12. The highest BCUT2D eigenvalue weighted by Crippen LogP contribution is 2.14. The van der Waals surface area contributed by atoms with Gasteiger partial charge in [-0.3, -0.25) is 0 Å². The monoisotopic (exact) mass is 252 g/mol. The van der Waals surface area contributed by atoms with Crippen molar-refractivity contribution < 1.29 is 8.42 Å². The lowest BCUT2D eigenvalue weighted by Crippen LogP contribution is -2.30. The van der Waals surface area contributed by atoms with Gasteiger partial charge in [0.15, 0.2) is 0 Å². The zero-order valence-electron chi connectivity index (χ0n) is 9.54. The van der Waals surface area contributed by atoms with Gasteiger partial charge in [0, 0.05) is 19.1 Å². The van der Waals surface area contributed by atoms with Crippen molar-refractivity contribution in [3.05, 3.63) is 48.6 Å². The molecule has 17 heavy (non-hydrogen) atoms. The first-order valence-corrected chi connectivity index (χ1v) is 6.98. The molecule has 0 aliphatic carbocycles. The molecule has 0 amide bonds. The quantitative estimate of drug-likeness (QED) is 0.811. The number of benzene rings is 1. The molecule has 2 rings (SSSR count). The third-order valence-corrected chi connectivity index (χ3v) is 4.35. The molecule has 1 unspecified atom stereocenters. The second-order valence-corrected chi connectivity index (χ2v) is 5.82. The van der Waals surface area contributed by atoms with Crippen molar-refractivity contribution in [3.8, 4) is 0 Å². The number of rotatable bonds is 4. The first-order valence-electron chi connectivity index (χ1n) is 5.54. The second kappa shape index (κ2) is 5.00. The predicted molar refractivity (Wildman–Crippen MR) is 67.8 cm³/mol. The van der Waals surface area contributed by atoms with Crippen LogP contribution in [-0.2, 0) is 16.6 Å². The SMILES string of the molecule is C=CCN1CC(Cc2ccccc2)NS1(=O)=O. The molecule has 0 bridgehead atoms. The molecular weight excluding hydrogens is 236 g/mol. The molecule has 1 aromatic rings. The van der Waals surface area contributed by atoms with Crippen LogP contribution in [0, 0.1) is 0 Å². The van der Waals surface area contributed by atoms with Gasteiger partial charge in [-0.1, -0.05) is 36.4 Å². The molecule has 1 heterocycles. The van der Waals surface area contributed by atoms with Crippen molar-refractivity contribution in [1.29, 1.82) is 0 Å². The maximum absolute atomic E-state index is 11.7. The molecule has 1 atom stereocenters. The van der Waals surface area contributed by atoms with Crippen molar-refractivity contribution in [2.75, 3.05) is 13.1 Å². The summed E-state index contributed by atoms with van der Waals surface area (Å²) in [5, 5.41) is 0. The molecule has 0 aromatic heterocycles. The summed E-state index contributed by atoms with van der Waals surface area (Å²) in [7, 11) is -3.31. The van der Waals surface area contributed by atoms with E-state index in [1.807, 2.05) is 30.3 Å². The molecule has 1 aliphatic rings.